The van der Waals surface area contributed by atoms with Crippen molar-refractivity contribution in [3.8, 4) is 5.75 Å². The van der Waals surface area contributed by atoms with Gasteiger partial charge in [0.1, 0.15) is 11.3 Å². The van der Waals surface area contributed by atoms with Gasteiger partial charge in [0.25, 0.3) is 11.8 Å². The summed E-state index contributed by atoms with van der Waals surface area (Å²) in [6.45, 7) is 5.29. The van der Waals surface area contributed by atoms with Crippen LogP contribution >= 0.6 is 0 Å². The van der Waals surface area contributed by atoms with Crippen LogP contribution < -0.4 is 15.0 Å². The van der Waals surface area contributed by atoms with Gasteiger partial charge in [-0.05, 0) is 49.8 Å². The minimum atomic E-state index is -0.773. The molecule has 2 aromatic carbocycles. The van der Waals surface area contributed by atoms with E-state index in [2.05, 4.69) is 16.8 Å². The van der Waals surface area contributed by atoms with Crippen molar-refractivity contribution in [2.75, 3.05) is 11.5 Å². The number of hydrogen-bond donors (Lipinski definition) is 1. The maximum absolute atomic E-state index is 13.2. The van der Waals surface area contributed by atoms with E-state index in [1.165, 1.54) is 0 Å². The predicted octanol–water partition coefficient (Wildman–Crippen LogP) is 4.12. The van der Waals surface area contributed by atoms with Gasteiger partial charge in [-0.25, -0.2) is 9.69 Å². The molecule has 0 atom stereocenters. The van der Waals surface area contributed by atoms with Gasteiger partial charge in [0.15, 0.2) is 0 Å². The third-order valence-corrected chi connectivity index (χ3v) is 5.09. The van der Waals surface area contributed by atoms with Gasteiger partial charge >= 0.3 is 6.03 Å². The number of nitrogens with zero attached hydrogens (tertiary/aromatic N) is 2. The zero-order valence-corrected chi connectivity index (χ0v) is 17.4. The lowest BCUT2D eigenvalue weighted by atomic mass is 10.1. The van der Waals surface area contributed by atoms with Crippen molar-refractivity contribution in [3.63, 3.8) is 0 Å². The van der Waals surface area contributed by atoms with Crippen LogP contribution in [0.2, 0.25) is 0 Å². The number of urea groups is 1. The van der Waals surface area contributed by atoms with E-state index in [0.717, 1.165) is 34.3 Å². The molecule has 3 aromatic rings. The molecule has 0 saturated carbocycles. The molecule has 1 N–H and O–H groups in total. The summed E-state index contributed by atoms with van der Waals surface area (Å²) in [7, 11) is 0. The molecular weight excluding hydrogens is 394 g/mol. The molecule has 0 unspecified atom stereocenters. The van der Waals surface area contributed by atoms with Gasteiger partial charge in [0.05, 0.1) is 12.3 Å². The van der Waals surface area contributed by atoms with Crippen LogP contribution in [0.25, 0.3) is 17.0 Å². The van der Waals surface area contributed by atoms with Crippen LogP contribution in [0.1, 0.15) is 25.8 Å². The Morgan fingerprint density at radius 2 is 1.74 bits per heavy atom. The summed E-state index contributed by atoms with van der Waals surface area (Å²) in [5.41, 5.74) is 2.05. The lowest BCUT2D eigenvalue weighted by Gasteiger charge is -2.26. The number of hydrogen-bond acceptors (Lipinski definition) is 4. The second-order valence-corrected chi connectivity index (χ2v) is 7.18. The number of fused-ring (bicyclic) bond motifs is 1. The molecule has 7 heteroatoms. The Hall–Kier alpha value is -3.87. The van der Waals surface area contributed by atoms with Crippen molar-refractivity contribution >= 4 is 40.5 Å². The van der Waals surface area contributed by atoms with Crippen LogP contribution in [0, 0.1) is 0 Å². The average molecular weight is 417 g/mol. The van der Waals surface area contributed by atoms with Crippen LogP contribution in [0.3, 0.4) is 0 Å². The molecule has 1 aliphatic rings. The van der Waals surface area contributed by atoms with E-state index >= 15 is 0 Å². The molecule has 4 amide bonds. The highest BCUT2D eigenvalue weighted by Gasteiger charge is 2.37. The highest BCUT2D eigenvalue weighted by Crippen LogP contribution is 2.27. The number of imide groups is 2. The minimum absolute atomic E-state index is 0.0899. The van der Waals surface area contributed by atoms with Gasteiger partial charge in [-0.1, -0.05) is 25.1 Å². The quantitative estimate of drug-likeness (QED) is 0.483. The predicted molar refractivity (Wildman–Crippen MR) is 119 cm³/mol. The number of amides is 4. The number of nitrogens with one attached hydrogen (secondary N) is 1. The number of barbiturate groups is 1. The number of anilines is 1. The zero-order valence-electron chi connectivity index (χ0n) is 17.4. The summed E-state index contributed by atoms with van der Waals surface area (Å²) in [4.78, 5) is 39.1. The molecular formula is C24H23N3O4. The third kappa shape index (κ3) is 3.82. The fraction of sp³-hybridized carbons (Fsp3) is 0.208. The normalized spacial score (nSPS) is 15.6. The molecule has 0 spiro atoms. The van der Waals surface area contributed by atoms with E-state index in [0.29, 0.717) is 18.0 Å². The maximum Gasteiger partial charge on any atom is 0.335 e. The number of aromatic nitrogens is 1. The molecule has 0 bridgehead atoms. The first-order chi connectivity index (χ1) is 15.0. The third-order valence-electron chi connectivity index (χ3n) is 5.09. The molecule has 0 aliphatic carbocycles. The summed E-state index contributed by atoms with van der Waals surface area (Å²) in [5, 5.41) is 3.21. The number of carbonyl (C=O) groups is 3. The molecule has 2 heterocycles. The Morgan fingerprint density at radius 3 is 2.45 bits per heavy atom. The minimum Gasteiger partial charge on any atom is -0.494 e. The number of benzene rings is 2. The van der Waals surface area contributed by atoms with E-state index in [-0.39, 0.29) is 5.57 Å². The van der Waals surface area contributed by atoms with E-state index in [4.69, 9.17) is 4.74 Å². The van der Waals surface area contributed by atoms with E-state index in [9.17, 15) is 14.4 Å². The number of ether oxygens (including phenoxy) is 1. The smallest absolute Gasteiger partial charge is 0.335 e. The second-order valence-electron chi connectivity index (χ2n) is 7.18. The Balaban J connectivity index is 1.74. The van der Waals surface area contributed by atoms with Crippen molar-refractivity contribution < 1.29 is 19.1 Å². The monoisotopic (exact) mass is 417 g/mol. The Labute approximate surface area is 179 Å². The number of para-hydroxylation sites is 1. The van der Waals surface area contributed by atoms with Crippen LogP contribution in [0.15, 0.2) is 60.3 Å². The molecule has 7 nitrogen and oxygen atoms in total. The Kier molecular flexibility index (Phi) is 5.58. The lowest BCUT2D eigenvalue weighted by Crippen LogP contribution is -2.54. The van der Waals surface area contributed by atoms with Crippen molar-refractivity contribution in [2.24, 2.45) is 0 Å². The second kappa shape index (κ2) is 8.47. The van der Waals surface area contributed by atoms with Gasteiger partial charge in [-0.15, -0.1) is 0 Å². The number of carbonyl (C=O) groups excluding carboxylic acids is 3. The highest BCUT2D eigenvalue weighted by atomic mass is 16.5. The molecule has 1 fully saturated rings. The fourth-order valence-corrected chi connectivity index (χ4v) is 3.72. The molecule has 31 heavy (non-hydrogen) atoms. The lowest BCUT2D eigenvalue weighted by molar-refractivity contribution is -0.122. The van der Waals surface area contributed by atoms with Crippen molar-refractivity contribution in [3.05, 3.63) is 65.9 Å². The molecule has 1 aromatic heterocycles. The summed E-state index contributed by atoms with van der Waals surface area (Å²) in [5.74, 6) is -0.735. The van der Waals surface area contributed by atoms with E-state index in [1.807, 2.05) is 37.4 Å². The largest absolute Gasteiger partial charge is 0.494 e. The molecule has 1 aliphatic heterocycles. The van der Waals surface area contributed by atoms with Crippen LogP contribution in [-0.4, -0.2) is 29.0 Å². The Morgan fingerprint density at radius 1 is 1.00 bits per heavy atom. The maximum atomic E-state index is 13.2. The first-order valence-electron chi connectivity index (χ1n) is 10.3. The zero-order chi connectivity index (χ0) is 22.0. The average Bonchev–Trinajstić information content (AvgIpc) is 3.10. The van der Waals surface area contributed by atoms with E-state index < -0.39 is 17.8 Å². The summed E-state index contributed by atoms with van der Waals surface area (Å²) in [6, 6.07) is 13.6. The Bertz CT molecular complexity index is 1190. The van der Waals surface area contributed by atoms with Crippen molar-refractivity contribution in [1.29, 1.82) is 0 Å². The fourth-order valence-electron chi connectivity index (χ4n) is 3.72. The van der Waals surface area contributed by atoms with Crippen LogP contribution in [0.4, 0.5) is 10.5 Å². The van der Waals surface area contributed by atoms with Gasteiger partial charge < -0.3 is 9.30 Å². The topological polar surface area (TPSA) is 80.6 Å². The van der Waals surface area contributed by atoms with Crippen molar-refractivity contribution in [2.45, 2.75) is 26.8 Å². The molecule has 4 rings (SSSR count). The number of aryl methyl sites for hydroxylation is 1. The van der Waals surface area contributed by atoms with Gasteiger partial charge in [-0.3, -0.25) is 14.9 Å². The van der Waals surface area contributed by atoms with Crippen LogP contribution in [0.5, 0.6) is 5.75 Å². The van der Waals surface area contributed by atoms with Gasteiger partial charge in [0.2, 0.25) is 0 Å². The number of rotatable bonds is 6. The molecule has 0 radical (unpaired) electrons. The van der Waals surface area contributed by atoms with E-state index in [1.54, 1.807) is 30.3 Å². The van der Waals surface area contributed by atoms with Crippen molar-refractivity contribution in [1.82, 2.24) is 9.88 Å². The SMILES string of the molecule is CCCn1cc(/C=C2/C(=O)NC(=O)N(c3ccc(OCC)cc3)C2=O)c2ccccc21. The van der Waals surface area contributed by atoms with Gasteiger partial charge in [0, 0.05) is 29.2 Å². The summed E-state index contributed by atoms with van der Waals surface area (Å²) < 4.78 is 7.51. The molecule has 1 saturated heterocycles. The standard InChI is InChI=1S/C24H23N3O4/c1-3-13-26-15-16(19-7-5-6-8-21(19)26)14-20-22(28)25-24(30)27(23(20)29)17-9-11-18(12-10-17)31-4-2/h5-12,14-15H,3-4,13H2,1-2H3,(H,25,28,30)/b20-14-. The van der Waals surface area contributed by atoms with Gasteiger partial charge in [-0.2, -0.15) is 0 Å². The summed E-state index contributed by atoms with van der Waals surface area (Å²) >= 11 is 0. The van der Waals surface area contributed by atoms with Crippen LogP contribution in [-0.2, 0) is 16.1 Å². The highest BCUT2D eigenvalue weighted by molar-refractivity contribution is 6.39. The first kappa shape index (κ1) is 20.4. The summed E-state index contributed by atoms with van der Waals surface area (Å²) in [6.07, 6.45) is 4.44. The molecule has 158 valence electrons. The first-order valence-corrected chi connectivity index (χ1v) is 10.3.